The van der Waals surface area contributed by atoms with Gasteiger partial charge in [-0.15, -0.1) is 0 Å². The van der Waals surface area contributed by atoms with Crippen molar-refractivity contribution in [3.8, 4) is 0 Å². The highest BCUT2D eigenvalue weighted by atomic mass is 31.2. The van der Waals surface area contributed by atoms with Crippen molar-refractivity contribution < 1.29 is 144 Å². The maximum atomic E-state index is 12.9. The minimum Gasteiger partial charge on any atom is -0.324 e. The molecule has 0 aliphatic carbocycles. The molecule has 0 aromatic heterocycles. The van der Waals surface area contributed by atoms with Crippen LogP contribution in [0, 0.1) is 0 Å². The smallest absolute Gasteiger partial charge is 0.324 e. The van der Waals surface area contributed by atoms with Gasteiger partial charge in [0.15, 0.2) is 0 Å². The van der Waals surface area contributed by atoms with Crippen molar-refractivity contribution in [3.63, 3.8) is 0 Å². The largest absolute Gasteiger partial charge is 0.330 e. The molecule has 0 aromatic rings. The molecule has 20 N–H and O–H groups in total. The Morgan fingerprint density at radius 1 is 0.240 bits per heavy atom. The van der Waals surface area contributed by atoms with Crippen molar-refractivity contribution in [2.75, 3.05) is 12.3 Å². The molecule has 0 saturated heterocycles. The van der Waals surface area contributed by atoms with Gasteiger partial charge in [0.05, 0.1) is 57.6 Å². The normalized spacial score (nSPS) is 20.3. The molecule has 30 nitrogen and oxygen atoms in total. The fraction of sp³-hybridized carbons (Fsp3) is 1.00. The molecule has 0 radical (unpaired) electrons. The van der Waals surface area contributed by atoms with Crippen molar-refractivity contribution in [2.45, 2.75) is 45.3 Å². The van der Waals surface area contributed by atoms with Crippen LogP contribution in [0.1, 0.15) is 0 Å². The third-order valence-electron chi connectivity index (χ3n) is 6.58. The first-order valence-corrected chi connectivity index (χ1v) is 28.7. The number of hydrogen-bond acceptors (Lipinski definition) is 10. The predicted octanol–water partition coefficient (Wildman–Crippen LogP) is -4.29. The zero-order valence-corrected chi connectivity index (χ0v) is 32.5. The lowest BCUT2D eigenvalue weighted by atomic mass is 10.0. The van der Waals surface area contributed by atoms with Crippen molar-refractivity contribution >= 4 is 76.0 Å². The summed E-state index contributed by atoms with van der Waals surface area (Å²) in [4.78, 5) is 197. The van der Waals surface area contributed by atoms with Crippen molar-refractivity contribution in [1.82, 2.24) is 0 Å². The van der Waals surface area contributed by atoms with E-state index in [0.29, 0.717) is 0 Å². The van der Waals surface area contributed by atoms with E-state index in [-0.39, 0.29) is 0 Å². The van der Waals surface area contributed by atoms with Crippen LogP contribution in [0.25, 0.3) is 0 Å². The molecule has 302 valence electrons. The Morgan fingerprint density at radius 2 is 0.380 bits per heavy atom. The summed E-state index contributed by atoms with van der Waals surface area (Å²) in [6.07, 6.45) is -5.18. The quantitative estimate of drug-likeness (QED) is 0.0545. The van der Waals surface area contributed by atoms with E-state index in [1.807, 2.05) is 0 Å². The van der Waals surface area contributed by atoms with Crippen molar-refractivity contribution in [1.29, 1.82) is 0 Å². The van der Waals surface area contributed by atoms with E-state index in [4.69, 9.17) is 0 Å². The molecule has 8 unspecified atom stereocenters. The summed E-state index contributed by atoms with van der Waals surface area (Å²) in [5.41, 5.74) is -35.1. The third kappa shape index (κ3) is 15.2. The molecule has 0 amide bonds. The Bertz CT molecular complexity index is 1580. The molecule has 0 aromatic carbocycles. The Kier molecular flexibility index (Phi) is 16.6. The molecule has 0 aliphatic heterocycles. The average Bonchev–Trinajstić information content (AvgIpc) is 2.70. The van der Waals surface area contributed by atoms with Gasteiger partial charge in [-0.25, -0.2) is 0 Å². The molecule has 0 spiro atoms. The number of rotatable bonds is 19. The molecule has 0 heterocycles. The molecule has 0 saturated carbocycles. The van der Waals surface area contributed by atoms with Gasteiger partial charge in [-0.3, -0.25) is 45.7 Å². The van der Waals surface area contributed by atoms with E-state index >= 15 is 0 Å². The summed E-state index contributed by atoms with van der Waals surface area (Å²) in [5.74, 6) is 0. The van der Waals surface area contributed by atoms with Gasteiger partial charge in [-0.05, 0) is 0 Å². The second-order valence-corrected chi connectivity index (χ2v) is 28.2. The zero-order valence-electron chi connectivity index (χ0n) is 23.5. The maximum absolute atomic E-state index is 12.9. The van der Waals surface area contributed by atoms with Gasteiger partial charge in [-0.1, -0.05) is 0 Å². The van der Waals surface area contributed by atoms with Crippen molar-refractivity contribution in [2.24, 2.45) is 0 Å². The highest BCUT2D eigenvalue weighted by Gasteiger charge is 2.70. The standard InChI is InChI=1S/C10H32O30P10/c11-41(12,13)1-3(43(17,18)19)5(45(23,24)25)7(47(29,30)31)9(49(35,36)37)10(50(38,39)40)8(48(32,33)34)6(46(26,27)28)4(44(20,21)22)2-42(14,15)16/h3-10H,1-2H2,(H2,11,12,13)(H2,14,15,16)(H2,17,18,19)(H2,20,21,22)(H2,23,24,25)(H2,26,27,28)(H2,29,30,31)(H2,32,33,34)(H2,35,36,37)(H2,38,39,40). The molecular formula is C10H32O30P10. The van der Waals surface area contributed by atoms with Crippen LogP contribution in [0.3, 0.4) is 0 Å². The van der Waals surface area contributed by atoms with Crippen LogP contribution in [0.4, 0.5) is 0 Å². The lowest BCUT2D eigenvalue weighted by Gasteiger charge is -2.45. The van der Waals surface area contributed by atoms with Gasteiger partial charge in [-0.2, -0.15) is 0 Å². The fourth-order valence-corrected chi connectivity index (χ4v) is 26.0. The second kappa shape index (κ2) is 16.2. The third-order valence-corrected chi connectivity index (χ3v) is 21.9. The predicted molar refractivity (Wildman–Crippen MR) is 160 cm³/mol. The van der Waals surface area contributed by atoms with Crippen LogP contribution >= 0.6 is 76.0 Å². The van der Waals surface area contributed by atoms with Gasteiger partial charge in [0.2, 0.25) is 0 Å². The first-order chi connectivity index (χ1) is 21.2. The summed E-state index contributed by atoms with van der Waals surface area (Å²) in [6, 6.07) is 0. The lowest BCUT2D eigenvalue weighted by Crippen LogP contribution is -2.55. The Hall–Kier alpha value is 1.50. The minimum absolute atomic E-state index is 2.59. The topological polar surface area (TPSA) is 575 Å². The molecule has 50 heavy (non-hydrogen) atoms. The summed E-state index contributed by atoms with van der Waals surface area (Å²) < 4.78 is 124. The van der Waals surface area contributed by atoms with Gasteiger partial charge in [0, 0.05) is 0 Å². The monoisotopic (exact) mass is 942 g/mol. The van der Waals surface area contributed by atoms with Crippen LogP contribution < -0.4 is 0 Å². The summed E-state index contributed by atoms with van der Waals surface area (Å²) in [5, 5.41) is 0. The lowest BCUT2D eigenvalue weighted by molar-refractivity contribution is 0.270. The highest BCUT2D eigenvalue weighted by Crippen LogP contribution is 2.74. The summed E-state index contributed by atoms with van der Waals surface area (Å²) in [7, 11) is -69.2. The zero-order chi connectivity index (χ0) is 41.0. The molecule has 0 rings (SSSR count). The van der Waals surface area contributed by atoms with Gasteiger partial charge in [0.25, 0.3) is 0 Å². The minimum atomic E-state index is -7.39. The van der Waals surface area contributed by atoms with E-state index in [1.165, 1.54) is 0 Å². The average molecular weight is 942 g/mol. The molecule has 0 bridgehead atoms. The fourth-order valence-electron chi connectivity index (χ4n) is 5.02. The van der Waals surface area contributed by atoms with E-state index in [0.717, 1.165) is 0 Å². The van der Waals surface area contributed by atoms with Crippen LogP contribution in [0.5, 0.6) is 0 Å². The van der Waals surface area contributed by atoms with Crippen LogP contribution in [-0.4, -0.2) is 155 Å². The maximum Gasteiger partial charge on any atom is 0.330 e. The molecule has 0 aliphatic rings. The first-order valence-electron chi connectivity index (χ1n) is 11.7. The summed E-state index contributed by atoms with van der Waals surface area (Å²) >= 11 is 0. The Labute approximate surface area is 277 Å². The van der Waals surface area contributed by atoms with Crippen LogP contribution in [0.2, 0.25) is 0 Å². The van der Waals surface area contributed by atoms with Gasteiger partial charge >= 0.3 is 76.0 Å². The van der Waals surface area contributed by atoms with E-state index < -0.39 is 134 Å². The van der Waals surface area contributed by atoms with E-state index in [2.05, 4.69) is 0 Å². The summed E-state index contributed by atoms with van der Waals surface area (Å²) in [6.45, 7) is 0. The van der Waals surface area contributed by atoms with Crippen molar-refractivity contribution in [3.05, 3.63) is 0 Å². The molecule has 0 fully saturated rings. The van der Waals surface area contributed by atoms with Crippen LogP contribution in [0.15, 0.2) is 0 Å². The number of hydrogen-bond donors (Lipinski definition) is 20. The van der Waals surface area contributed by atoms with Gasteiger partial charge in [0.1, 0.15) is 0 Å². The molecule has 40 heteroatoms. The van der Waals surface area contributed by atoms with Gasteiger partial charge < -0.3 is 97.9 Å². The first kappa shape index (κ1) is 51.5. The highest BCUT2D eigenvalue weighted by molar-refractivity contribution is 7.64. The molecule has 8 atom stereocenters. The molecular weight excluding hydrogens is 910 g/mol. The van der Waals surface area contributed by atoms with E-state index in [1.54, 1.807) is 0 Å². The second-order valence-electron chi connectivity index (χ2n) is 10.5. The Balaban J connectivity index is 9.13. The van der Waals surface area contributed by atoms with Crippen LogP contribution in [-0.2, 0) is 45.7 Å². The Morgan fingerprint density at radius 3 is 0.480 bits per heavy atom. The van der Waals surface area contributed by atoms with E-state index in [9.17, 15) is 144 Å². The SMILES string of the molecule is O=P(O)(O)CC(C(C(C(C(C(C(C(CP(=O)(O)O)P(=O)(O)O)P(=O)(O)O)P(=O)(O)O)P(=O)(O)O)P(=O)(O)O)P(=O)(O)O)P(=O)(O)O)P(=O)(O)O.